The zero-order chi connectivity index (χ0) is 40.3. The summed E-state index contributed by atoms with van der Waals surface area (Å²) in [4.78, 5) is 0. The molecule has 0 heterocycles. The molecule has 0 aliphatic heterocycles. The lowest BCUT2D eigenvalue weighted by Crippen LogP contribution is -2.15. The van der Waals surface area contributed by atoms with Crippen molar-refractivity contribution in [1.29, 1.82) is 0 Å². The van der Waals surface area contributed by atoms with Crippen molar-refractivity contribution >= 4 is 32.3 Å². The smallest absolute Gasteiger partial charge is 0.0159 e. The fourth-order valence-electron chi connectivity index (χ4n) is 11.0. The molecule has 0 nitrogen and oxygen atoms in total. The molecule has 2 aliphatic carbocycles. The fourth-order valence-corrected chi connectivity index (χ4v) is 11.0. The van der Waals surface area contributed by atoms with E-state index < -0.39 is 0 Å². The molecule has 60 heavy (non-hydrogen) atoms. The highest BCUT2D eigenvalue weighted by Gasteiger charge is 2.38. The van der Waals surface area contributed by atoms with Crippen LogP contribution in [0.1, 0.15) is 49.9 Å². The molecule has 0 saturated heterocycles. The van der Waals surface area contributed by atoms with E-state index in [1.807, 2.05) is 0 Å². The van der Waals surface area contributed by atoms with Crippen LogP contribution in [0, 0.1) is 0 Å². The first kappa shape index (κ1) is 35.0. The largest absolute Gasteiger partial charge is 0.0622 e. The van der Waals surface area contributed by atoms with Gasteiger partial charge in [0.25, 0.3) is 0 Å². The van der Waals surface area contributed by atoms with Gasteiger partial charge in [0.15, 0.2) is 0 Å². The first-order valence-electron chi connectivity index (χ1n) is 21.3. The molecular formula is C60H44. The lowest BCUT2D eigenvalue weighted by Gasteiger charge is -2.25. The summed E-state index contributed by atoms with van der Waals surface area (Å²) >= 11 is 0. The molecule has 0 amide bonds. The van der Waals surface area contributed by atoms with Crippen LogP contribution in [0.3, 0.4) is 0 Å². The van der Waals surface area contributed by atoms with Gasteiger partial charge < -0.3 is 0 Å². The minimum atomic E-state index is -0.141. The van der Waals surface area contributed by atoms with Gasteiger partial charge in [-0.25, -0.2) is 0 Å². The summed E-state index contributed by atoms with van der Waals surface area (Å²) in [5, 5.41) is 7.71. The van der Waals surface area contributed by atoms with Gasteiger partial charge in [0, 0.05) is 10.8 Å². The summed E-state index contributed by atoms with van der Waals surface area (Å²) in [6.07, 6.45) is 0. The number of hydrogen-bond acceptors (Lipinski definition) is 0. The summed E-state index contributed by atoms with van der Waals surface area (Å²) in [5.74, 6) is 0. The van der Waals surface area contributed by atoms with Crippen LogP contribution < -0.4 is 0 Å². The summed E-state index contributed by atoms with van der Waals surface area (Å²) in [6.45, 7) is 9.59. The monoisotopic (exact) mass is 764 g/mol. The van der Waals surface area contributed by atoms with Crippen LogP contribution in [-0.2, 0) is 10.8 Å². The molecule has 284 valence electrons. The SMILES string of the molecule is CC1(C)c2cc(-c3ccccc3)ccc2-c2ccc(-c3ccc4c(-c5ccccc5)c5ccccc5c(-c5cc6c(c7ccccc57)-c5ccccc5C6(C)C)c4c3)cc21. The van der Waals surface area contributed by atoms with Gasteiger partial charge in [-0.05, 0) is 146 Å². The van der Waals surface area contributed by atoms with Crippen LogP contribution in [0.5, 0.6) is 0 Å². The van der Waals surface area contributed by atoms with E-state index in [-0.39, 0.29) is 10.8 Å². The average molecular weight is 765 g/mol. The van der Waals surface area contributed by atoms with Gasteiger partial charge in [-0.3, -0.25) is 0 Å². The predicted molar refractivity (Wildman–Crippen MR) is 256 cm³/mol. The van der Waals surface area contributed by atoms with Gasteiger partial charge in [-0.15, -0.1) is 0 Å². The molecule has 0 unspecified atom stereocenters. The van der Waals surface area contributed by atoms with E-state index >= 15 is 0 Å². The highest BCUT2D eigenvalue weighted by Crippen LogP contribution is 2.56. The quantitative estimate of drug-likeness (QED) is 0.157. The third-order valence-electron chi connectivity index (χ3n) is 14.1. The molecule has 10 aromatic rings. The molecule has 0 saturated carbocycles. The number of benzene rings is 10. The maximum absolute atomic E-state index is 2.55. The average Bonchev–Trinajstić information content (AvgIpc) is 3.67. The molecule has 0 bridgehead atoms. The predicted octanol–water partition coefficient (Wildman–Crippen LogP) is 16.4. The van der Waals surface area contributed by atoms with Crippen molar-refractivity contribution < 1.29 is 0 Å². The lowest BCUT2D eigenvalue weighted by atomic mass is 9.78. The molecule has 10 aromatic carbocycles. The summed E-state index contributed by atoms with van der Waals surface area (Å²) in [5.41, 5.74) is 20.8. The molecule has 0 aromatic heterocycles. The zero-order valence-electron chi connectivity index (χ0n) is 34.5. The third-order valence-corrected chi connectivity index (χ3v) is 14.1. The minimum Gasteiger partial charge on any atom is -0.0622 e. The van der Waals surface area contributed by atoms with Crippen LogP contribution in [0.25, 0.3) is 99.1 Å². The Morgan fingerprint density at radius 3 is 1.37 bits per heavy atom. The maximum Gasteiger partial charge on any atom is 0.0159 e. The van der Waals surface area contributed by atoms with E-state index in [1.54, 1.807) is 0 Å². The van der Waals surface area contributed by atoms with Crippen molar-refractivity contribution in [3.05, 3.63) is 216 Å². The van der Waals surface area contributed by atoms with E-state index in [2.05, 4.69) is 222 Å². The van der Waals surface area contributed by atoms with Gasteiger partial charge in [0.1, 0.15) is 0 Å². The van der Waals surface area contributed by atoms with E-state index in [9.17, 15) is 0 Å². The van der Waals surface area contributed by atoms with Crippen molar-refractivity contribution in [3.63, 3.8) is 0 Å². The van der Waals surface area contributed by atoms with Crippen molar-refractivity contribution in [1.82, 2.24) is 0 Å². The second kappa shape index (κ2) is 12.7. The molecule has 2 aliphatic rings. The summed E-state index contributed by atoms with van der Waals surface area (Å²) < 4.78 is 0. The Bertz CT molecular complexity index is 3400. The Labute approximate surface area is 352 Å². The molecule has 0 radical (unpaired) electrons. The molecule has 0 heteroatoms. The van der Waals surface area contributed by atoms with Gasteiger partial charge in [-0.2, -0.15) is 0 Å². The van der Waals surface area contributed by atoms with E-state index in [0.717, 1.165) is 0 Å². The van der Waals surface area contributed by atoms with Gasteiger partial charge in [0.2, 0.25) is 0 Å². The van der Waals surface area contributed by atoms with Gasteiger partial charge in [0.05, 0.1) is 0 Å². The maximum atomic E-state index is 2.55. The minimum absolute atomic E-state index is 0.137. The fraction of sp³-hybridized carbons (Fsp3) is 0.100. The topological polar surface area (TPSA) is 0 Å². The molecule has 0 spiro atoms. The van der Waals surface area contributed by atoms with Crippen molar-refractivity contribution in [2.75, 3.05) is 0 Å². The normalized spacial score (nSPS) is 14.3. The summed E-state index contributed by atoms with van der Waals surface area (Å²) in [7, 11) is 0. The van der Waals surface area contributed by atoms with Crippen molar-refractivity contribution in [2.45, 2.75) is 38.5 Å². The van der Waals surface area contributed by atoms with Crippen molar-refractivity contribution in [3.8, 4) is 66.8 Å². The highest BCUT2D eigenvalue weighted by atomic mass is 14.4. The number of hydrogen-bond donors (Lipinski definition) is 0. The van der Waals surface area contributed by atoms with E-state index in [0.29, 0.717) is 0 Å². The first-order valence-corrected chi connectivity index (χ1v) is 21.3. The molecule has 0 fully saturated rings. The highest BCUT2D eigenvalue weighted by molar-refractivity contribution is 6.25. The standard InChI is InChI=1S/C60H44/c1-59(2)52-26-16-15-25-49(52)58-45-22-12-11-21-42(45)51(36-55(58)59)57-47-24-14-13-23-46(47)56(38-19-9-6-10-20-38)48-32-29-39(33-50(48)57)41-28-31-44-43-30-27-40(37-17-7-5-8-18-37)34-53(43)60(3,4)54(44)35-41/h5-36H,1-4H3. The lowest BCUT2D eigenvalue weighted by molar-refractivity contribution is 0.661. The number of rotatable bonds is 4. The summed E-state index contributed by atoms with van der Waals surface area (Å²) in [6, 6.07) is 73.0. The van der Waals surface area contributed by atoms with Gasteiger partial charge in [-0.1, -0.05) is 198 Å². The molecular weight excluding hydrogens is 721 g/mol. The van der Waals surface area contributed by atoms with Crippen LogP contribution >= 0.6 is 0 Å². The zero-order valence-corrected chi connectivity index (χ0v) is 34.5. The van der Waals surface area contributed by atoms with Gasteiger partial charge >= 0.3 is 0 Å². The van der Waals surface area contributed by atoms with Crippen LogP contribution in [0.4, 0.5) is 0 Å². The van der Waals surface area contributed by atoms with E-state index in [1.165, 1.54) is 121 Å². The Morgan fingerprint density at radius 1 is 0.233 bits per heavy atom. The second-order valence-corrected chi connectivity index (χ2v) is 18.0. The van der Waals surface area contributed by atoms with Crippen LogP contribution in [0.2, 0.25) is 0 Å². The van der Waals surface area contributed by atoms with Crippen LogP contribution in [-0.4, -0.2) is 0 Å². The second-order valence-electron chi connectivity index (χ2n) is 18.0. The Hall–Kier alpha value is -7.02. The number of fused-ring (bicyclic) bond motifs is 10. The Kier molecular flexibility index (Phi) is 7.42. The van der Waals surface area contributed by atoms with Crippen LogP contribution in [0.15, 0.2) is 194 Å². The Morgan fingerprint density at radius 2 is 0.700 bits per heavy atom. The van der Waals surface area contributed by atoms with E-state index in [4.69, 9.17) is 0 Å². The van der Waals surface area contributed by atoms with Crippen molar-refractivity contribution in [2.24, 2.45) is 0 Å². The first-order chi connectivity index (χ1) is 29.3. The Balaban J connectivity index is 1.12. The third kappa shape index (κ3) is 4.91. The molecule has 12 rings (SSSR count). The molecule has 0 N–H and O–H groups in total. The molecule has 0 atom stereocenters.